The van der Waals surface area contributed by atoms with E-state index in [1.807, 2.05) is 18.2 Å². The molecule has 0 fully saturated rings. The fraction of sp³-hybridized carbons (Fsp3) is 0.462. The first kappa shape index (κ1) is 12.9. The van der Waals surface area contributed by atoms with Gasteiger partial charge in [0.05, 0.1) is 0 Å². The van der Waals surface area contributed by atoms with E-state index in [9.17, 15) is 4.79 Å². The van der Waals surface area contributed by atoms with E-state index >= 15 is 0 Å². The summed E-state index contributed by atoms with van der Waals surface area (Å²) in [6.07, 6.45) is 3.57. The lowest BCUT2D eigenvalue weighted by atomic mass is 9.94. The van der Waals surface area contributed by atoms with Gasteiger partial charge in [0, 0.05) is 5.56 Å². The van der Waals surface area contributed by atoms with Gasteiger partial charge in [-0.15, -0.1) is 0 Å². The highest BCUT2D eigenvalue weighted by molar-refractivity contribution is 6.02. The summed E-state index contributed by atoms with van der Waals surface area (Å²) >= 11 is 0. The van der Waals surface area contributed by atoms with Gasteiger partial charge in [-0.25, -0.2) is 0 Å². The molecule has 0 aliphatic carbocycles. The standard InChI is InChI=1S/C13H20N2O/c1-2-3-7-10-13(14,15)12(16)11-8-5-4-6-9-11/h4-6,8-9H,2-3,7,10,14-15H2,1H3. The van der Waals surface area contributed by atoms with Crippen LogP contribution in [0.3, 0.4) is 0 Å². The summed E-state index contributed by atoms with van der Waals surface area (Å²) in [5.74, 6) is -0.177. The summed E-state index contributed by atoms with van der Waals surface area (Å²) in [5, 5.41) is 0. The Hall–Kier alpha value is -1.19. The van der Waals surface area contributed by atoms with Crippen LogP contribution in [-0.4, -0.2) is 11.4 Å². The number of carbonyl (C=O) groups excluding carboxylic acids is 1. The molecule has 16 heavy (non-hydrogen) atoms. The maximum atomic E-state index is 12.0. The average molecular weight is 220 g/mol. The third-order valence-corrected chi connectivity index (χ3v) is 2.65. The highest BCUT2D eigenvalue weighted by Gasteiger charge is 2.28. The molecule has 4 N–H and O–H groups in total. The minimum Gasteiger partial charge on any atom is -0.307 e. The normalized spacial score (nSPS) is 11.4. The minimum atomic E-state index is -1.23. The summed E-state index contributed by atoms with van der Waals surface area (Å²) in [6.45, 7) is 2.10. The third kappa shape index (κ3) is 3.43. The van der Waals surface area contributed by atoms with E-state index in [-0.39, 0.29) is 5.78 Å². The summed E-state index contributed by atoms with van der Waals surface area (Å²) in [6, 6.07) is 8.99. The Balaban J connectivity index is 2.65. The van der Waals surface area contributed by atoms with Crippen molar-refractivity contribution in [1.82, 2.24) is 0 Å². The first-order valence-electron chi connectivity index (χ1n) is 5.75. The predicted octanol–water partition coefficient (Wildman–Crippen LogP) is 2.06. The summed E-state index contributed by atoms with van der Waals surface area (Å²) < 4.78 is 0. The van der Waals surface area contributed by atoms with Gasteiger partial charge in [-0.3, -0.25) is 4.79 Å². The Morgan fingerprint density at radius 1 is 1.19 bits per heavy atom. The lowest BCUT2D eigenvalue weighted by Gasteiger charge is -2.22. The maximum absolute atomic E-state index is 12.0. The van der Waals surface area contributed by atoms with E-state index < -0.39 is 5.66 Å². The number of unbranched alkanes of at least 4 members (excludes halogenated alkanes) is 2. The quantitative estimate of drug-likeness (QED) is 0.438. The van der Waals surface area contributed by atoms with E-state index in [0.29, 0.717) is 12.0 Å². The van der Waals surface area contributed by atoms with Crippen molar-refractivity contribution in [2.45, 2.75) is 38.3 Å². The molecule has 0 aliphatic rings. The smallest absolute Gasteiger partial charge is 0.196 e. The second kappa shape index (κ2) is 5.77. The van der Waals surface area contributed by atoms with Crippen LogP contribution in [0.1, 0.15) is 43.0 Å². The van der Waals surface area contributed by atoms with E-state index in [2.05, 4.69) is 6.92 Å². The molecule has 0 saturated carbocycles. The number of Topliss-reactive ketones (excluding diaryl/α,β-unsaturated/α-hetero) is 1. The van der Waals surface area contributed by atoms with Gasteiger partial charge in [-0.2, -0.15) is 0 Å². The Kier molecular flexibility index (Phi) is 4.65. The zero-order valence-corrected chi connectivity index (χ0v) is 9.78. The third-order valence-electron chi connectivity index (χ3n) is 2.65. The van der Waals surface area contributed by atoms with Crippen molar-refractivity contribution in [2.24, 2.45) is 11.5 Å². The van der Waals surface area contributed by atoms with Gasteiger partial charge in [0.1, 0.15) is 5.66 Å². The lowest BCUT2D eigenvalue weighted by Crippen LogP contribution is -2.56. The molecule has 0 aliphatic heterocycles. The van der Waals surface area contributed by atoms with Crippen LogP contribution in [0.15, 0.2) is 30.3 Å². The highest BCUT2D eigenvalue weighted by atomic mass is 16.1. The van der Waals surface area contributed by atoms with Crippen molar-refractivity contribution in [3.8, 4) is 0 Å². The van der Waals surface area contributed by atoms with Crippen molar-refractivity contribution in [1.29, 1.82) is 0 Å². The lowest BCUT2D eigenvalue weighted by molar-refractivity contribution is 0.0881. The average Bonchev–Trinajstić information content (AvgIpc) is 2.29. The molecule has 0 aromatic heterocycles. The molecule has 3 heteroatoms. The zero-order valence-electron chi connectivity index (χ0n) is 9.78. The first-order valence-corrected chi connectivity index (χ1v) is 5.75. The van der Waals surface area contributed by atoms with Crippen molar-refractivity contribution >= 4 is 5.78 Å². The number of hydrogen-bond donors (Lipinski definition) is 2. The molecule has 0 amide bonds. The molecular weight excluding hydrogens is 200 g/mol. The number of nitrogens with two attached hydrogens (primary N) is 2. The van der Waals surface area contributed by atoms with Crippen molar-refractivity contribution in [2.75, 3.05) is 0 Å². The van der Waals surface area contributed by atoms with Crippen molar-refractivity contribution < 1.29 is 4.79 Å². The molecule has 0 atom stereocenters. The first-order chi connectivity index (χ1) is 7.58. The molecular formula is C13H20N2O. The zero-order chi connectivity index (χ0) is 12.0. The Morgan fingerprint density at radius 3 is 2.38 bits per heavy atom. The van der Waals surface area contributed by atoms with Crippen LogP contribution in [0.4, 0.5) is 0 Å². The maximum Gasteiger partial charge on any atom is 0.196 e. The molecule has 1 rings (SSSR count). The second-order valence-electron chi connectivity index (χ2n) is 4.19. The van der Waals surface area contributed by atoms with Gasteiger partial charge in [0.15, 0.2) is 5.78 Å². The van der Waals surface area contributed by atoms with Crippen LogP contribution in [0, 0.1) is 0 Å². The summed E-state index contributed by atoms with van der Waals surface area (Å²) in [7, 11) is 0. The van der Waals surface area contributed by atoms with Gasteiger partial charge in [-0.1, -0.05) is 50.1 Å². The number of carbonyl (C=O) groups is 1. The fourth-order valence-electron chi connectivity index (χ4n) is 1.64. The van der Waals surface area contributed by atoms with Gasteiger partial charge >= 0.3 is 0 Å². The van der Waals surface area contributed by atoms with Crippen LogP contribution in [0.2, 0.25) is 0 Å². The SMILES string of the molecule is CCCCCC(N)(N)C(=O)c1ccccc1. The Morgan fingerprint density at radius 2 is 1.81 bits per heavy atom. The Labute approximate surface area is 96.8 Å². The van der Waals surface area contributed by atoms with Crippen LogP contribution in [0.25, 0.3) is 0 Å². The van der Waals surface area contributed by atoms with Crippen LogP contribution in [-0.2, 0) is 0 Å². The van der Waals surface area contributed by atoms with E-state index in [0.717, 1.165) is 19.3 Å². The van der Waals surface area contributed by atoms with Crippen molar-refractivity contribution in [3.05, 3.63) is 35.9 Å². The fourth-order valence-corrected chi connectivity index (χ4v) is 1.64. The number of ketones is 1. The van der Waals surface area contributed by atoms with Crippen LogP contribution in [0.5, 0.6) is 0 Å². The van der Waals surface area contributed by atoms with Gasteiger partial charge < -0.3 is 11.5 Å². The number of benzene rings is 1. The van der Waals surface area contributed by atoms with E-state index in [1.165, 1.54) is 0 Å². The minimum absolute atomic E-state index is 0.177. The predicted molar refractivity (Wildman–Crippen MR) is 66.0 cm³/mol. The molecule has 0 bridgehead atoms. The number of hydrogen-bond acceptors (Lipinski definition) is 3. The molecule has 3 nitrogen and oxygen atoms in total. The van der Waals surface area contributed by atoms with Gasteiger partial charge in [0.2, 0.25) is 0 Å². The molecule has 0 spiro atoms. The molecule has 0 unspecified atom stereocenters. The largest absolute Gasteiger partial charge is 0.307 e. The van der Waals surface area contributed by atoms with Crippen molar-refractivity contribution in [3.63, 3.8) is 0 Å². The molecule has 1 aromatic rings. The van der Waals surface area contributed by atoms with Gasteiger partial charge in [0.25, 0.3) is 0 Å². The van der Waals surface area contributed by atoms with E-state index in [1.54, 1.807) is 12.1 Å². The monoisotopic (exact) mass is 220 g/mol. The molecule has 0 radical (unpaired) electrons. The van der Waals surface area contributed by atoms with Crippen LogP contribution >= 0.6 is 0 Å². The van der Waals surface area contributed by atoms with Gasteiger partial charge in [-0.05, 0) is 12.8 Å². The Bertz CT molecular complexity index is 333. The highest BCUT2D eigenvalue weighted by Crippen LogP contribution is 2.13. The second-order valence-corrected chi connectivity index (χ2v) is 4.19. The van der Waals surface area contributed by atoms with Crippen LogP contribution < -0.4 is 11.5 Å². The molecule has 0 saturated heterocycles. The molecule has 0 heterocycles. The summed E-state index contributed by atoms with van der Waals surface area (Å²) in [4.78, 5) is 12.0. The number of rotatable bonds is 6. The topological polar surface area (TPSA) is 69.1 Å². The molecule has 1 aromatic carbocycles. The summed E-state index contributed by atoms with van der Waals surface area (Å²) in [5.41, 5.74) is 11.1. The molecule has 88 valence electrons. The van der Waals surface area contributed by atoms with E-state index in [4.69, 9.17) is 11.5 Å².